The Morgan fingerprint density at radius 3 is 2.71 bits per heavy atom. The molecule has 0 saturated carbocycles. The first-order chi connectivity index (χ1) is 6.59. The Hall–Kier alpha value is -1.90. The highest BCUT2D eigenvalue weighted by molar-refractivity contribution is 6.27. The van der Waals surface area contributed by atoms with Gasteiger partial charge < -0.3 is 4.74 Å². The summed E-state index contributed by atoms with van der Waals surface area (Å²) in [7, 11) is 0. The van der Waals surface area contributed by atoms with Gasteiger partial charge in [0, 0.05) is 0 Å². The smallest absolute Gasteiger partial charge is 0.346 e. The van der Waals surface area contributed by atoms with Crippen LogP contribution in [0.3, 0.4) is 0 Å². The van der Waals surface area contributed by atoms with Gasteiger partial charge >= 0.3 is 5.97 Å². The van der Waals surface area contributed by atoms with Crippen LogP contribution in [-0.4, -0.2) is 11.8 Å². The van der Waals surface area contributed by atoms with E-state index in [1.54, 1.807) is 18.2 Å². The Kier molecular flexibility index (Phi) is 1.74. The first-order valence-electron chi connectivity index (χ1n) is 4.16. The molecule has 0 saturated heterocycles. The molecule has 1 aromatic carbocycles. The minimum absolute atomic E-state index is 0.110. The van der Waals surface area contributed by atoms with Gasteiger partial charge in [-0.15, -0.1) is 0 Å². The van der Waals surface area contributed by atoms with Crippen LogP contribution in [0.4, 0.5) is 0 Å². The van der Waals surface area contributed by atoms with Crippen LogP contribution in [0.1, 0.15) is 15.9 Å². The molecule has 1 aliphatic heterocycles. The van der Waals surface area contributed by atoms with Crippen LogP contribution in [0, 0.1) is 6.92 Å². The van der Waals surface area contributed by atoms with Gasteiger partial charge in [-0.3, -0.25) is 4.79 Å². The van der Waals surface area contributed by atoms with Crippen molar-refractivity contribution in [1.82, 2.24) is 0 Å². The van der Waals surface area contributed by atoms with Gasteiger partial charge in [-0.25, -0.2) is 4.79 Å². The number of benzene rings is 1. The van der Waals surface area contributed by atoms with Crippen LogP contribution in [-0.2, 0) is 4.79 Å². The van der Waals surface area contributed by atoms with Crippen LogP contribution in [0.25, 0.3) is 0 Å². The summed E-state index contributed by atoms with van der Waals surface area (Å²) in [6, 6.07) is 5.10. The fraction of sp³-hybridized carbons (Fsp3) is 0.0909. The van der Waals surface area contributed by atoms with E-state index in [1.807, 2.05) is 6.92 Å². The molecule has 3 nitrogen and oxygen atoms in total. The highest BCUT2D eigenvalue weighted by Gasteiger charge is 2.28. The topological polar surface area (TPSA) is 43.4 Å². The molecule has 0 atom stereocenters. The van der Waals surface area contributed by atoms with Gasteiger partial charge in [0.2, 0.25) is 5.78 Å². The second-order valence-corrected chi connectivity index (χ2v) is 3.20. The molecule has 0 N–H and O–H groups in total. The Bertz CT molecular complexity index is 458. The summed E-state index contributed by atoms with van der Waals surface area (Å²) < 4.78 is 4.94. The molecule has 1 heterocycles. The second kappa shape index (κ2) is 2.80. The molecule has 14 heavy (non-hydrogen) atoms. The molecule has 1 aliphatic rings. The van der Waals surface area contributed by atoms with E-state index in [1.165, 1.54) is 0 Å². The Morgan fingerprint density at radius 1 is 1.29 bits per heavy atom. The van der Waals surface area contributed by atoms with Crippen LogP contribution < -0.4 is 4.74 Å². The number of Topliss-reactive ketones (excluding diaryl/α,β-unsaturated/α-hetero) is 1. The lowest BCUT2D eigenvalue weighted by Gasteiger charge is -2.15. The van der Waals surface area contributed by atoms with Gasteiger partial charge in [0.15, 0.2) is 0 Å². The van der Waals surface area contributed by atoms with Gasteiger partial charge in [-0.2, -0.15) is 0 Å². The SMILES string of the molecule is C=C1C(=O)Oc2cc(C)ccc2C1=O. The molecule has 2 rings (SSSR count). The largest absolute Gasteiger partial charge is 0.422 e. The van der Waals surface area contributed by atoms with E-state index in [0.29, 0.717) is 11.3 Å². The maximum atomic E-state index is 11.5. The number of rotatable bonds is 0. The summed E-state index contributed by atoms with van der Waals surface area (Å²) in [5.41, 5.74) is 1.23. The molecular formula is C11H8O3. The lowest BCUT2D eigenvalue weighted by Crippen LogP contribution is -2.24. The van der Waals surface area contributed by atoms with Crippen molar-refractivity contribution in [1.29, 1.82) is 0 Å². The zero-order valence-corrected chi connectivity index (χ0v) is 7.66. The van der Waals surface area contributed by atoms with Crippen molar-refractivity contribution in [2.24, 2.45) is 0 Å². The van der Waals surface area contributed by atoms with Crippen molar-refractivity contribution in [2.45, 2.75) is 6.92 Å². The number of aryl methyl sites for hydroxylation is 1. The zero-order chi connectivity index (χ0) is 10.3. The summed E-state index contributed by atoms with van der Waals surface area (Å²) in [5, 5.41) is 0. The van der Waals surface area contributed by atoms with E-state index in [-0.39, 0.29) is 11.4 Å². The van der Waals surface area contributed by atoms with Gasteiger partial charge in [-0.05, 0) is 24.6 Å². The molecule has 1 aromatic rings. The predicted molar refractivity (Wildman–Crippen MR) is 50.3 cm³/mol. The van der Waals surface area contributed by atoms with Crippen molar-refractivity contribution in [2.75, 3.05) is 0 Å². The molecule has 0 aromatic heterocycles. The van der Waals surface area contributed by atoms with Crippen LogP contribution in [0.2, 0.25) is 0 Å². The van der Waals surface area contributed by atoms with Gasteiger partial charge in [0.1, 0.15) is 11.3 Å². The van der Waals surface area contributed by atoms with Crippen molar-refractivity contribution in [3.8, 4) is 5.75 Å². The molecule has 0 radical (unpaired) electrons. The average Bonchev–Trinajstić information content (AvgIpc) is 2.14. The van der Waals surface area contributed by atoms with E-state index in [9.17, 15) is 9.59 Å². The molecule has 70 valence electrons. The Morgan fingerprint density at radius 2 is 2.00 bits per heavy atom. The lowest BCUT2D eigenvalue weighted by atomic mass is 10.00. The van der Waals surface area contributed by atoms with Gasteiger partial charge in [-0.1, -0.05) is 12.6 Å². The Balaban J connectivity index is 2.62. The number of carbonyl (C=O) groups excluding carboxylic acids is 2. The average molecular weight is 188 g/mol. The molecular weight excluding hydrogens is 180 g/mol. The third-order valence-corrected chi connectivity index (χ3v) is 2.10. The quantitative estimate of drug-likeness (QED) is 0.269. The molecule has 0 unspecified atom stereocenters. The standard InChI is InChI=1S/C11H8O3/c1-6-3-4-8-9(5-6)14-11(13)7(2)10(8)12/h3-5H,2H2,1H3. The number of ketones is 1. The summed E-state index contributed by atoms with van der Waals surface area (Å²) in [6.07, 6.45) is 0. The fourth-order valence-electron chi connectivity index (χ4n) is 1.32. The number of hydrogen-bond acceptors (Lipinski definition) is 3. The molecule has 3 heteroatoms. The number of hydrogen-bond donors (Lipinski definition) is 0. The first-order valence-corrected chi connectivity index (χ1v) is 4.16. The third-order valence-electron chi connectivity index (χ3n) is 2.10. The predicted octanol–water partition coefficient (Wildman–Crippen LogP) is 1.65. The minimum atomic E-state index is -0.659. The Labute approximate surface area is 81.0 Å². The molecule has 0 spiro atoms. The maximum Gasteiger partial charge on any atom is 0.346 e. The first kappa shape index (κ1) is 8.69. The fourth-order valence-corrected chi connectivity index (χ4v) is 1.32. The van der Waals surface area contributed by atoms with E-state index in [4.69, 9.17) is 4.74 Å². The van der Waals surface area contributed by atoms with Crippen LogP contribution >= 0.6 is 0 Å². The number of esters is 1. The van der Waals surface area contributed by atoms with Crippen molar-refractivity contribution in [3.63, 3.8) is 0 Å². The number of ether oxygens (including phenoxy) is 1. The van der Waals surface area contributed by atoms with E-state index in [0.717, 1.165) is 5.56 Å². The minimum Gasteiger partial charge on any atom is -0.422 e. The normalized spacial score (nSPS) is 15.1. The monoisotopic (exact) mass is 188 g/mol. The summed E-state index contributed by atoms with van der Waals surface area (Å²) in [5.74, 6) is -0.684. The highest BCUT2D eigenvalue weighted by atomic mass is 16.5. The van der Waals surface area contributed by atoms with Gasteiger partial charge in [0.05, 0.1) is 5.56 Å². The van der Waals surface area contributed by atoms with Crippen LogP contribution in [0.15, 0.2) is 30.4 Å². The zero-order valence-electron chi connectivity index (χ0n) is 7.66. The van der Waals surface area contributed by atoms with Crippen LogP contribution in [0.5, 0.6) is 5.75 Å². The molecule has 0 bridgehead atoms. The van der Waals surface area contributed by atoms with E-state index < -0.39 is 5.97 Å². The van der Waals surface area contributed by atoms with E-state index >= 15 is 0 Å². The summed E-state index contributed by atoms with van der Waals surface area (Å²) in [4.78, 5) is 22.7. The third kappa shape index (κ3) is 1.14. The summed E-state index contributed by atoms with van der Waals surface area (Å²) >= 11 is 0. The number of fused-ring (bicyclic) bond motifs is 1. The number of carbonyl (C=O) groups is 2. The van der Waals surface area contributed by atoms with Crippen molar-refractivity contribution >= 4 is 11.8 Å². The molecule has 0 aliphatic carbocycles. The van der Waals surface area contributed by atoms with Crippen molar-refractivity contribution < 1.29 is 14.3 Å². The van der Waals surface area contributed by atoms with Gasteiger partial charge in [0.25, 0.3) is 0 Å². The molecule has 0 amide bonds. The highest BCUT2D eigenvalue weighted by Crippen LogP contribution is 2.27. The van der Waals surface area contributed by atoms with Crippen molar-refractivity contribution in [3.05, 3.63) is 41.5 Å². The summed E-state index contributed by atoms with van der Waals surface area (Å²) in [6.45, 7) is 5.24. The second-order valence-electron chi connectivity index (χ2n) is 3.20. The molecule has 0 fully saturated rings. The van der Waals surface area contributed by atoms with E-state index in [2.05, 4.69) is 6.58 Å². The lowest BCUT2D eigenvalue weighted by molar-refractivity contribution is -0.130. The maximum absolute atomic E-state index is 11.5.